The Labute approximate surface area is 109 Å². The Kier molecular flexibility index (Phi) is 3.54. The highest BCUT2D eigenvalue weighted by Gasteiger charge is 2.33. The summed E-state index contributed by atoms with van der Waals surface area (Å²) in [7, 11) is -0.283. The lowest BCUT2D eigenvalue weighted by Crippen LogP contribution is -2.47. The summed E-state index contributed by atoms with van der Waals surface area (Å²) in [6.07, 6.45) is 0. The van der Waals surface area contributed by atoms with E-state index in [1.165, 1.54) is 0 Å². The maximum Gasteiger partial charge on any atom is 0.493 e. The molecule has 3 nitrogen and oxygen atoms in total. The van der Waals surface area contributed by atoms with E-state index in [0.29, 0.717) is 13.2 Å². The molecule has 1 N–H and O–H groups in total. The molecule has 0 amide bonds. The van der Waals surface area contributed by atoms with Crippen molar-refractivity contribution in [2.75, 3.05) is 13.2 Å². The quantitative estimate of drug-likeness (QED) is 0.809. The van der Waals surface area contributed by atoms with Crippen molar-refractivity contribution in [3.8, 4) is 0 Å². The molecule has 1 heterocycles. The third kappa shape index (κ3) is 3.13. The van der Waals surface area contributed by atoms with Gasteiger partial charge in [0, 0.05) is 18.6 Å². The third-order valence-corrected chi connectivity index (χ3v) is 3.14. The van der Waals surface area contributed by atoms with Crippen LogP contribution in [0.1, 0.15) is 33.3 Å². The number of benzene rings is 1. The maximum atomic E-state index is 9.90. The molecule has 0 bridgehead atoms. The van der Waals surface area contributed by atoms with Crippen molar-refractivity contribution in [1.29, 1.82) is 0 Å². The minimum atomic E-state index is -0.811. The minimum absolute atomic E-state index is 0.0868. The van der Waals surface area contributed by atoms with Gasteiger partial charge in [0.25, 0.3) is 0 Å². The van der Waals surface area contributed by atoms with E-state index < -0.39 is 5.60 Å². The third-order valence-electron chi connectivity index (χ3n) is 3.14. The van der Waals surface area contributed by atoms with Crippen LogP contribution in [0, 0.1) is 5.41 Å². The Bertz CT molecular complexity index is 396. The molecule has 4 heteroatoms. The fourth-order valence-corrected chi connectivity index (χ4v) is 1.93. The average Bonchev–Trinajstić information content (AvgIpc) is 2.28. The van der Waals surface area contributed by atoms with Crippen LogP contribution in [-0.4, -0.2) is 25.4 Å². The van der Waals surface area contributed by atoms with Crippen LogP contribution in [0.5, 0.6) is 0 Å². The second-order valence-corrected chi connectivity index (χ2v) is 6.30. The number of hydrogen-bond acceptors (Lipinski definition) is 3. The number of aliphatic hydroxyl groups is 1. The normalized spacial score (nSPS) is 19.9. The van der Waals surface area contributed by atoms with Crippen molar-refractivity contribution in [2.45, 2.75) is 33.3 Å². The van der Waals surface area contributed by atoms with Gasteiger partial charge in [-0.1, -0.05) is 38.1 Å². The molecule has 1 aromatic carbocycles. The fourth-order valence-electron chi connectivity index (χ4n) is 1.93. The summed E-state index contributed by atoms with van der Waals surface area (Å²) in [5.41, 5.74) is 1.17. The van der Waals surface area contributed by atoms with Crippen molar-refractivity contribution in [2.24, 2.45) is 5.41 Å². The molecule has 0 aliphatic carbocycles. The highest BCUT2D eigenvalue weighted by molar-refractivity contribution is 6.61. The first-order chi connectivity index (χ1) is 8.28. The maximum absolute atomic E-state index is 9.90. The van der Waals surface area contributed by atoms with Crippen LogP contribution in [0.25, 0.3) is 0 Å². The lowest BCUT2D eigenvalue weighted by atomic mass is 9.75. The van der Waals surface area contributed by atoms with Crippen molar-refractivity contribution in [1.82, 2.24) is 0 Å². The van der Waals surface area contributed by atoms with E-state index in [2.05, 4.69) is 13.8 Å². The van der Waals surface area contributed by atoms with Crippen LogP contribution in [0.2, 0.25) is 0 Å². The van der Waals surface area contributed by atoms with Crippen LogP contribution in [-0.2, 0) is 14.9 Å². The standard InChI is InChI=1S/C14H21BO3/c1-13(2)9-17-15(18-10-13)12-7-5-11(6-8-12)14(3,4)16/h5-8,16H,9-10H2,1-4H3. The Morgan fingerprint density at radius 2 is 1.61 bits per heavy atom. The predicted octanol–water partition coefficient (Wildman–Crippen LogP) is 1.68. The van der Waals surface area contributed by atoms with E-state index in [1.54, 1.807) is 13.8 Å². The molecule has 0 spiro atoms. The van der Waals surface area contributed by atoms with Gasteiger partial charge in [-0.2, -0.15) is 0 Å². The Hall–Kier alpha value is -0.835. The topological polar surface area (TPSA) is 38.7 Å². The molecule has 1 fully saturated rings. The van der Waals surface area contributed by atoms with Gasteiger partial charge in [-0.15, -0.1) is 0 Å². The molecule has 1 saturated heterocycles. The molecule has 0 radical (unpaired) electrons. The molecule has 1 aliphatic heterocycles. The molecule has 1 aromatic rings. The molecule has 0 aromatic heterocycles. The summed E-state index contributed by atoms with van der Waals surface area (Å²) >= 11 is 0. The SMILES string of the molecule is CC1(C)COB(c2ccc(C(C)(C)O)cc2)OC1. The molecule has 1 aliphatic rings. The van der Waals surface area contributed by atoms with Gasteiger partial charge >= 0.3 is 7.12 Å². The zero-order valence-corrected chi connectivity index (χ0v) is 11.6. The van der Waals surface area contributed by atoms with E-state index in [-0.39, 0.29) is 12.5 Å². The van der Waals surface area contributed by atoms with E-state index >= 15 is 0 Å². The van der Waals surface area contributed by atoms with E-state index in [9.17, 15) is 5.11 Å². The summed E-state index contributed by atoms with van der Waals surface area (Å²) in [5.74, 6) is 0. The zero-order valence-electron chi connectivity index (χ0n) is 11.6. The summed E-state index contributed by atoms with van der Waals surface area (Å²) in [6, 6.07) is 7.75. The predicted molar refractivity (Wildman–Crippen MR) is 72.8 cm³/mol. The van der Waals surface area contributed by atoms with Gasteiger partial charge in [0.05, 0.1) is 5.60 Å². The highest BCUT2D eigenvalue weighted by Crippen LogP contribution is 2.22. The van der Waals surface area contributed by atoms with Crippen LogP contribution in [0.4, 0.5) is 0 Å². The second-order valence-electron chi connectivity index (χ2n) is 6.30. The molecule has 0 saturated carbocycles. The number of rotatable bonds is 2. The first-order valence-electron chi connectivity index (χ1n) is 6.34. The van der Waals surface area contributed by atoms with Gasteiger partial charge in [-0.05, 0) is 24.9 Å². The molecular formula is C14H21BO3. The summed E-state index contributed by atoms with van der Waals surface area (Å²) in [6.45, 7) is 9.20. The van der Waals surface area contributed by atoms with Crippen molar-refractivity contribution < 1.29 is 14.4 Å². The summed E-state index contributed by atoms with van der Waals surface area (Å²) < 4.78 is 11.4. The van der Waals surface area contributed by atoms with E-state index in [1.807, 2.05) is 24.3 Å². The lowest BCUT2D eigenvalue weighted by molar-refractivity contribution is 0.0343. The Morgan fingerprint density at radius 1 is 1.11 bits per heavy atom. The van der Waals surface area contributed by atoms with Gasteiger partial charge < -0.3 is 14.4 Å². The van der Waals surface area contributed by atoms with Gasteiger partial charge in [-0.3, -0.25) is 0 Å². The molecule has 0 atom stereocenters. The fraction of sp³-hybridized carbons (Fsp3) is 0.571. The number of hydrogen-bond donors (Lipinski definition) is 1. The van der Waals surface area contributed by atoms with Crippen LogP contribution < -0.4 is 5.46 Å². The van der Waals surface area contributed by atoms with E-state index in [0.717, 1.165) is 11.0 Å². The van der Waals surface area contributed by atoms with Crippen LogP contribution in [0.15, 0.2) is 24.3 Å². The molecular weight excluding hydrogens is 227 g/mol. The zero-order chi connectivity index (χ0) is 13.4. The smallest absolute Gasteiger partial charge is 0.407 e. The highest BCUT2D eigenvalue weighted by atomic mass is 16.6. The summed E-state index contributed by atoms with van der Waals surface area (Å²) in [5, 5.41) is 9.90. The van der Waals surface area contributed by atoms with Crippen molar-refractivity contribution >= 4 is 12.6 Å². The first-order valence-corrected chi connectivity index (χ1v) is 6.34. The average molecular weight is 248 g/mol. The summed E-state index contributed by atoms with van der Waals surface area (Å²) in [4.78, 5) is 0. The van der Waals surface area contributed by atoms with Gasteiger partial charge in [-0.25, -0.2) is 0 Å². The van der Waals surface area contributed by atoms with Gasteiger partial charge in [0.1, 0.15) is 0 Å². The molecule has 0 unspecified atom stereocenters. The molecule has 98 valence electrons. The van der Waals surface area contributed by atoms with E-state index in [4.69, 9.17) is 9.31 Å². The second kappa shape index (κ2) is 4.69. The molecule has 2 rings (SSSR count). The van der Waals surface area contributed by atoms with Crippen LogP contribution >= 0.6 is 0 Å². The first kappa shape index (κ1) is 13.6. The molecule has 18 heavy (non-hydrogen) atoms. The monoisotopic (exact) mass is 248 g/mol. The van der Waals surface area contributed by atoms with Crippen LogP contribution in [0.3, 0.4) is 0 Å². The largest absolute Gasteiger partial charge is 0.493 e. The lowest BCUT2D eigenvalue weighted by Gasteiger charge is -2.33. The Balaban J connectivity index is 2.07. The Morgan fingerprint density at radius 3 is 2.06 bits per heavy atom. The minimum Gasteiger partial charge on any atom is -0.407 e. The van der Waals surface area contributed by atoms with Crippen molar-refractivity contribution in [3.63, 3.8) is 0 Å². The van der Waals surface area contributed by atoms with Gasteiger partial charge in [0.2, 0.25) is 0 Å². The van der Waals surface area contributed by atoms with Gasteiger partial charge in [0.15, 0.2) is 0 Å². The van der Waals surface area contributed by atoms with Crippen molar-refractivity contribution in [3.05, 3.63) is 29.8 Å².